The van der Waals surface area contributed by atoms with Crippen molar-refractivity contribution in [2.75, 3.05) is 6.61 Å². The van der Waals surface area contributed by atoms with Gasteiger partial charge in [-0.1, -0.05) is 28.1 Å². The van der Waals surface area contributed by atoms with Gasteiger partial charge in [0.05, 0.1) is 6.61 Å². The topological polar surface area (TPSA) is 44.3 Å². The predicted molar refractivity (Wildman–Crippen MR) is 70.9 cm³/mol. The summed E-state index contributed by atoms with van der Waals surface area (Å²) < 4.78 is 21.7. The molecule has 0 radical (unpaired) electrons. The Morgan fingerprint density at radius 1 is 1.41 bits per heavy atom. The summed E-state index contributed by atoms with van der Waals surface area (Å²) in [5.41, 5.74) is 0.880. The molecule has 2 heterocycles. The number of nitrogens with one attached hydrogen (secondary N) is 1. The summed E-state index contributed by atoms with van der Waals surface area (Å²) in [6.45, 7) is 4.57. The molecule has 3 nitrogen and oxygen atoms in total. The maximum Gasteiger partial charge on any atom is 0.167 e. The van der Waals surface area contributed by atoms with Crippen LogP contribution in [0, 0.1) is 0 Å². The molecule has 17 heavy (non-hydrogen) atoms. The second kappa shape index (κ2) is 3.71. The molecule has 3 atom stereocenters. The molecule has 0 bridgehead atoms. The Morgan fingerprint density at radius 2 is 2.06 bits per heavy atom. The van der Waals surface area contributed by atoms with E-state index in [1.54, 1.807) is 0 Å². The molecular weight excluding hydrogens is 302 g/mol. The Bertz CT molecular complexity index is 450. The van der Waals surface area contributed by atoms with Crippen molar-refractivity contribution in [1.29, 1.82) is 0 Å². The molecule has 3 rings (SSSR count). The summed E-state index contributed by atoms with van der Waals surface area (Å²) in [6.07, 6.45) is -0.0167. The fraction of sp³-hybridized carbons (Fsp3) is 0.500. The Balaban J connectivity index is 2.01. The number of rotatable bonds is 1. The molecule has 5 heteroatoms. The first-order valence-corrected chi connectivity index (χ1v) is 7.48. The molecule has 1 aromatic rings. The van der Waals surface area contributed by atoms with Crippen molar-refractivity contribution in [3.63, 3.8) is 0 Å². The quantitative estimate of drug-likeness (QED) is 0.807. The van der Waals surface area contributed by atoms with E-state index in [1.165, 1.54) is 0 Å². The second-order valence-corrected chi connectivity index (χ2v) is 7.85. The van der Waals surface area contributed by atoms with Gasteiger partial charge in [-0.05, 0) is 31.5 Å². The maximum atomic E-state index is 12.1. The Kier molecular flexibility index (Phi) is 2.62. The zero-order chi connectivity index (χ0) is 12.3. The molecule has 2 aliphatic heterocycles. The third-order valence-electron chi connectivity index (χ3n) is 3.67. The Labute approximate surface area is 112 Å². The van der Waals surface area contributed by atoms with Gasteiger partial charge in [-0.15, -0.1) is 4.72 Å². The van der Waals surface area contributed by atoms with Gasteiger partial charge in [-0.3, -0.25) is 0 Å². The van der Waals surface area contributed by atoms with Gasteiger partial charge in [-0.2, -0.15) is 0 Å². The van der Waals surface area contributed by atoms with E-state index in [2.05, 4.69) is 32.8 Å². The molecular formula is C12H14BrNO2S. The van der Waals surface area contributed by atoms with Crippen molar-refractivity contribution >= 4 is 27.3 Å². The average molecular weight is 316 g/mol. The van der Waals surface area contributed by atoms with Crippen LogP contribution in [0.3, 0.4) is 0 Å². The molecule has 92 valence electrons. The summed E-state index contributed by atoms with van der Waals surface area (Å²) in [4.78, 5) is 0. The molecule has 1 N–H and O–H groups in total. The fourth-order valence-corrected chi connectivity index (χ4v) is 4.25. The smallest absolute Gasteiger partial charge is 0.167 e. The summed E-state index contributed by atoms with van der Waals surface area (Å²) in [5, 5.41) is 0. The third-order valence-corrected chi connectivity index (χ3v) is 5.92. The van der Waals surface area contributed by atoms with Gasteiger partial charge >= 0.3 is 0 Å². The summed E-state index contributed by atoms with van der Waals surface area (Å²) in [5.74, 6) is 0. The number of hydrogen-bond donors (Lipinski definition) is 1. The lowest BCUT2D eigenvalue weighted by atomic mass is 9.77. The highest BCUT2D eigenvalue weighted by Crippen LogP contribution is 2.50. The van der Waals surface area contributed by atoms with Crippen molar-refractivity contribution in [3.8, 4) is 0 Å². The van der Waals surface area contributed by atoms with Crippen molar-refractivity contribution in [2.45, 2.75) is 30.2 Å². The molecule has 3 unspecified atom stereocenters. The zero-order valence-corrected chi connectivity index (χ0v) is 12.1. The van der Waals surface area contributed by atoms with E-state index in [0.717, 1.165) is 10.0 Å². The van der Waals surface area contributed by atoms with E-state index >= 15 is 0 Å². The van der Waals surface area contributed by atoms with Gasteiger partial charge in [0.25, 0.3) is 0 Å². The summed E-state index contributed by atoms with van der Waals surface area (Å²) in [7, 11) is 0. The van der Waals surface area contributed by atoms with Crippen LogP contribution in [-0.4, -0.2) is 22.0 Å². The standard InChI is InChI=1S/C12H14BrNO2S/c1-11(2)10-12(7-16-10,14-17(11)15)8-3-5-9(13)6-4-8/h3-6,10,14H,7H2,1-2H3. The van der Waals surface area contributed by atoms with Crippen LogP contribution in [0.1, 0.15) is 19.4 Å². The van der Waals surface area contributed by atoms with Crippen LogP contribution in [0.2, 0.25) is 0 Å². The van der Waals surface area contributed by atoms with E-state index in [1.807, 2.05) is 26.0 Å². The lowest BCUT2D eigenvalue weighted by Gasteiger charge is -2.44. The van der Waals surface area contributed by atoms with Crippen LogP contribution >= 0.6 is 15.9 Å². The van der Waals surface area contributed by atoms with E-state index in [-0.39, 0.29) is 16.4 Å². The Morgan fingerprint density at radius 3 is 2.53 bits per heavy atom. The van der Waals surface area contributed by atoms with Crippen LogP contribution in [0.5, 0.6) is 0 Å². The molecule has 0 spiro atoms. The molecule has 0 saturated carbocycles. The monoisotopic (exact) mass is 315 g/mol. The van der Waals surface area contributed by atoms with E-state index in [4.69, 9.17) is 4.74 Å². The Hall–Kier alpha value is -0.0700. The highest BCUT2D eigenvalue weighted by molar-refractivity contribution is 9.10. The van der Waals surface area contributed by atoms with E-state index in [0.29, 0.717) is 6.61 Å². The molecule has 0 aliphatic carbocycles. The third kappa shape index (κ3) is 1.53. The first kappa shape index (κ1) is 12.0. The molecule has 0 aromatic heterocycles. The number of hydrogen-bond acceptors (Lipinski definition) is 3. The maximum absolute atomic E-state index is 12.1. The van der Waals surface area contributed by atoms with Crippen molar-refractivity contribution in [1.82, 2.24) is 4.72 Å². The SMILES string of the molecule is CC1(C)C2OCC2(c2ccc(Br)cc2)N[S+]1[O-]. The van der Waals surface area contributed by atoms with Crippen molar-refractivity contribution in [3.05, 3.63) is 34.3 Å². The molecule has 2 saturated heterocycles. The van der Waals surface area contributed by atoms with Crippen molar-refractivity contribution in [2.24, 2.45) is 0 Å². The van der Waals surface area contributed by atoms with Crippen molar-refractivity contribution < 1.29 is 9.29 Å². The lowest BCUT2D eigenvalue weighted by Crippen LogP contribution is -2.62. The van der Waals surface area contributed by atoms with Gasteiger partial charge in [0.2, 0.25) is 0 Å². The van der Waals surface area contributed by atoms with E-state index < -0.39 is 11.4 Å². The molecule has 2 aliphatic rings. The second-order valence-electron chi connectivity index (χ2n) is 5.14. The predicted octanol–water partition coefficient (Wildman–Crippen LogP) is 2.09. The first-order valence-electron chi connectivity index (χ1n) is 5.54. The minimum absolute atomic E-state index is 0.0167. The highest BCUT2D eigenvalue weighted by atomic mass is 79.9. The van der Waals surface area contributed by atoms with Gasteiger partial charge in [-0.25, -0.2) is 0 Å². The summed E-state index contributed by atoms with van der Waals surface area (Å²) >= 11 is 2.36. The normalized spacial score (nSPS) is 38.6. The first-order chi connectivity index (χ1) is 7.97. The summed E-state index contributed by atoms with van der Waals surface area (Å²) in [6, 6.07) is 8.14. The minimum Gasteiger partial charge on any atom is -0.598 e. The largest absolute Gasteiger partial charge is 0.598 e. The molecule has 0 amide bonds. The zero-order valence-electron chi connectivity index (χ0n) is 9.70. The van der Waals surface area contributed by atoms with Gasteiger partial charge < -0.3 is 9.29 Å². The molecule has 2 fully saturated rings. The van der Waals surface area contributed by atoms with Crippen LogP contribution in [0.4, 0.5) is 0 Å². The van der Waals surface area contributed by atoms with Crippen LogP contribution in [-0.2, 0) is 21.6 Å². The van der Waals surface area contributed by atoms with Gasteiger partial charge in [0, 0.05) is 15.8 Å². The van der Waals surface area contributed by atoms with Gasteiger partial charge in [0.15, 0.2) is 4.75 Å². The fourth-order valence-electron chi connectivity index (χ4n) is 2.65. The van der Waals surface area contributed by atoms with Gasteiger partial charge in [0.1, 0.15) is 11.6 Å². The number of fused-ring (bicyclic) bond motifs is 1. The van der Waals surface area contributed by atoms with Crippen LogP contribution in [0.25, 0.3) is 0 Å². The number of halogens is 1. The minimum atomic E-state index is -1.06. The van der Waals surface area contributed by atoms with Crippen LogP contribution < -0.4 is 4.72 Å². The lowest BCUT2D eigenvalue weighted by molar-refractivity contribution is -0.146. The highest BCUT2D eigenvalue weighted by Gasteiger charge is 2.69. The number of ether oxygens (including phenoxy) is 1. The van der Waals surface area contributed by atoms with Crippen LogP contribution in [0.15, 0.2) is 28.7 Å². The van der Waals surface area contributed by atoms with E-state index in [9.17, 15) is 4.55 Å². The number of benzene rings is 1. The average Bonchev–Trinajstić information content (AvgIpc) is 2.36. The molecule has 1 aromatic carbocycles.